The number of nitrogens with two attached hydrogens (primary N) is 1. The fraction of sp³-hybridized carbons (Fsp3) is 0.471. The van der Waals surface area contributed by atoms with E-state index in [0.717, 1.165) is 16.8 Å². The van der Waals surface area contributed by atoms with E-state index in [1.807, 2.05) is 13.8 Å². The molecule has 28 heavy (non-hydrogen) atoms. The molecular formula is C17H21N7O2S2. The first-order chi connectivity index (χ1) is 13.3. The molecule has 2 aliphatic heterocycles. The Morgan fingerprint density at radius 3 is 2.68 bits per heavy atom. The van der Waals surface area contributed by atoms with E-state index < -0.39 is 6.29 Å². The molecule has 9 nitrogen and oxygen atoms in total. The van der Waals surface area contributed by atoms with Crippen molar-refractivity contribution < 1.29 is 9.47 Å². The van der Waals surface area contributed by atoms with Crippen LogP contribution in [0.3, 0.4) is 0 Å². The average molecular weight is 420 g/mol. The summed E-state index contributed by atoms with van der Waals surface area (Å²) in [5.74, 6) is 0. The number of hydrogen-bond acceptors (Lipinski definition) is 7. The van der Waals surface area contributed by atoms with Gasteiger partial charge < -0.3 is 15.2 Å². The smallest absolute Gasteiger partial charge is 0.221 e. The van der Waals surface area contributed by atoms with Crippen molar-refractivity contribution in [3.8, 4) is 5.69 Å². The second-order valence-electron chi connectivity index (χ2n) is 7.06. The van der Waals surface area contributed by atoms with Gasteiger partial charge in [0, 0.05) is 6.42 Å². The number of thiocarbonyl (C=S) groups is 1. The van der Waals surface area contributed by atoms with E-state index in [1.165, 1.54) is 5.56 Å². The Morgan fingerprint density at radius 1 is 1.29 bits per heavy atom. The van der Waals surface area contributed by atoms with Gasteiger partial charge in [0.25, 0.3) is 0 Å². The van der Waals surface area contributed by atoms with Crippen molar-refractivity contribution in [1.29, 1.82) is 0 Å². The SMILES string of the molecule is Cc1cc(C)c(-n2nnn([C@H]3CC(=NNC(N)=S)[C@@H]4OC[C@H]3O4)c2=S)c(C)c1. The molecule has 2 saturated heterocycles. The Hall–Kier alpha value is -2.21. The summed E-state index contributed by atoms with van der Waals surface area (Å²) in [6, 6.07) is 4.03. The van der Waals surface area contributed by atoms with E-state index in [9.17, 15) is 0 Å². The molecule has 0 spiro atoms. The van der Waals surface area contributed by atoms with Crippen LogP contribution >= 0.6 is 24.4 Å². The first kappa shape index (κ1) is 19.1. The quantitative estimate of drug-likeness (QED) is 0.571. The van der Waals surface area contributed by atoms with Crippen LogP contribution in [-0.4, -0.2) is 49.6 Å². The van der Waals surface area contributed by atoms with Gasteiger partial charge in [0.2, 0.25) is 4.77 Å². The Morgan fingerprint density at radius 2 is 2.00 bits per heavy atom. The molecule has 3 atom stereocenters. The Labute approximate surface area is 172 Å². The zero-order chi connectivity index (χ0) is 20.0. The van der Waals surface area contributed by atoms with Gasteiger partial charge in [-0.15, -0.1) is 0 Å². The highest BCUT2D eigenvalue weighted by Gasteiger charge is 2.44. The minimum absolute atomic E-state index is 0.0806. The van der Waals surface area contributed by atoms with Crippen LogP contribution in [0.1, 0.15) is 29.2 Å². The molecule has 0 saturated carbocycles. The van der Waals surface area contributed by atoms with Crippen LogP contribution < -0.4 is 11.2 Å². The van der Waals surface area contributed by atoms with Crippen molar-refractivity contribution >= 4 is 35.3 Å². The maximum absolute atomic E-state index is 5.92. The van der Waals surface area contributed by atoms with Gasteiger partial charge in [-0.3, -0.25) is 5.43 Å². The molecule has 11 heteroatoms. The number of hydrogen-bond donors (Lipinski definition) is 2. The van der Waals surface area contributed by atoms with E-state index >= 15 is 0 Å². The maximum Gasteiger partial charge on any atom is 0.221 e. The van der Waals surface area contributed by atoms with Crippen molar-refractivity contribution in [3.63, 3.8) is 0 Å². The molecule has 2 aliphatic rings. The number of aryl methyl sites for hydroxylation is 3. The highest BCUT2D eigenvalue weighted by atomic mass is 32.1. The lowest BCUT2D eigenvalue weighted by Crippen LogP contribution is -2.39. The van der Waals surface area contributed by atoms with E-state index in [-0.39, 0.29) is 17.3 Å². The molecular weight excluding hydrogens is 398 g/mol. The minimum atomic E-state index is -0.506. The van der Waals surface area contributed by atoms with Crippen molar-refractivity contribution in [2.75, 3.05) is 6.61 Å². The summed E-state index contributed by atoms with van der Waals surface area (Å²) in [5.41, 5.74) is 13.0. The highest BCUT2D eigenvalue weighted by Crippen LogP contribution is 2.33. The third-order valence-corrected chi connectivity index (χ3v) is 5.36. The molecule has 148 valence electrons. The lowest BCUT2D eigenvalue weighted by Gasteiger charge is -2.27. The number of benzene rings is 1. The summed E-state index contributed by atoms with van der Waals surface area (Å²) in [7, 11) is 0. The van der Waals surface area contributed by atoms with Crippen molar-refractivity contribution in [2.24, 2.45) is 10.8 Å². The van der Waals surface area contributed by atoms with Gasteiger partial charge in [0.1, 0.15) is 6.10 Å². The molecule has 1 aromatic carbocycles. The molecule has 0 radical (unpaired) electrons. The van der Waals surface area contributed by atoms with Gasteiger partial charge in [-0.1, -0.05) is 17.7 Å². The predicted octanol–water partition coefficient (Wildman–Crippen LogP) is 1.60. The Bertz CT molecular complexity index is 1010. The van der Waals surface area contributed by atoms with Crippen molar-refractivity contribution in [2.45, 2.75) is 45.6 Å². The van der Waals surface area contributed by atoms with Gasteiger partial charge in [0.05, 0.1) is 24.0 Å². The van der Waals surface area contributed by atoms with Gasteiger partial charge in [-0.2, -0.15) is 9.78 Å². The van der Waals surface area contributed by atoms with Crippen molar-refractivity contribution in [3.05, 3.63) is 33.6 Å². The lowest BCUT2D eigenvalue weighted by molar-refractivity contribution is -0.0324. The first-order valence-electron chi connectivity index (χ1n) is 8.87. The molecule has 0 aliphatic carbocycles. The minimum Gasteiger partial charge on any atom is -0.375 e. The summed E-state index contributed by atoms with van der Waals surface area (Å²) in [6.45, 7) is 6.58. The van der Waals surface area contributed by atoms with Crippen LogP contribution in [0.4, 0.5) is 0 Å². The molecule has 2 fully saturated rings. The fourth-order valence-electron chi connectivity index (χ4n) is 3.82. The topological polar surface area (TPSA) is 105 Å². The molecule has 3 N–H and O–H groups in total. The molecule has 0 unspecified atom stereocenters. The summed E-state index contributed by atoms with van der Waals surface area (Å²) in [6.07, 6.45) is -0.135. The van der Waals surface area contributed by atoms with E-state index in [0.29, 0.717) is 23.5 Å². The molecule has 4 rings (SSSR count). The summed E-state index contributed by atoms with van der Waals surface area (Å²) in [5, 5.41) is 13.0. The number of nitrogens with zero attached hydrogens (tertiary/aromatic N) is 5. The highest BCUT2D eigenvalue weighted by molar-refractivity contribution is 7.80. The number of rotatable bonds is 3. The van der Waals surface area contributed by atoms with Gasteiger partial charge in [-0.05, 0) is 66.8 Å². The number of ether oxygens (including phenoxy) is 2. The summed E-state index contributed by atoms with van der Waals surface area (Å²) < 4.78 is 15.5. The summed E-state index contributed by atoms with van der Waals surface area (Å²) in [4.78, 5) is 0. The van der Waals surface area contributed by atoms with Crippen LogP contribution in [0.25, 0.3) is 5.69 Å². The number of fused-ring (bicyclic) bond motifs is 2. The summed E-state index contributed by atoms with van der Waals surface area (Å²) >= 11 is 10.5. The number of hydrazone groups is 1. The van der Waals surface area contributed by atoms with E-state index in [4.69, 9.17) is 39.6 Å². The molecule has 3 heterocycles. The average Bonchev–Trinajstić information content (AvgIpc) is 3.19. The molecule has 1 aromatic heterocycles. The number of nitrogens with one attached hydrogen (secondary N) is 1. The normalized spacial score (nSPS) is 25.2. The second kappa shape index (κ2) is 7.32. The fourth-order valence-corrected chi connectivity index (χ4v) is 4.16. The van der Waals surface area contributed by atoms with Crippen LogP contribution in [0, 0.1) is 25.5 Å². The second-order valence-corrected chi connectivity index (χ2v) is 7.86. The molecule has 2 aromatic rings. The van der Waals surface area contributed by atoms with Crippen LogP contribution in [0.15, 0.2) is 17.2 Å². The Balaban J connectivity index is 1.71. The van der Waals surface area contributed by atoms with E-state index in [2.05, 4.69) is 40.0 Å². The zero-order valence-electron chi connectivity index (χ0n) is 15.7. The lowest BCUT2D eigenvalue weighted by atomic mass is 10.0. The van der Waals surface area contributed by atoms with Gasteiger partial charge in [-0.25, -0.2) is 4.68 Å². The largest absolute Gasteiger partial charge is 0.375 e. The number of tetrazole rings is 1. The van der Waals surface area contributed by atoms with Gasteiger partial charge >= 0.3 is 0 Å². The Kier molecular flexibility index (Phi) is 5.00. The van der Waals surface area contributed by atoms with Crippen LogP contribution in [0.2, 0.25) is 0 Å². The number of aromatic nitrogens is 4. The van der Waals surface area contributed by atoms with Crippen LogP contribution in [0.5, 0.6) is 0 Å². The molecule has 0 amide bonds. The standard InChI is InChI=1S/C17H21N7O2S2/c1-8-4-9(2)14(10(3)5-8)24-17(28)23(21-22-24)12-6-11(19-20-16(18)27)15-25-7-13(12)26-15/h4-5,12-13,15H,6-7H2,1-3H3,(H3,18,20,27)/t12-,13+,15+/m0/s1. The monoisotopic (exact) mass is 419 g/mol. The van der Waals surface area contributed by atoms with E-state index in [1.54, 1.807) is 9.36 Å². The van der Waals surface area contributed by atoms with Crippen molar-refractivity contribution in [1.82, 2.24) is 25.2 Å². The van der Waals surface area contributed by atoms with Gasteiger partial charge in [0.15, 0.2) is 11.4 Å². The maximum atomic E-state index is 5.92. The third-order valence-electron chi connectivity index (χ3n) is 4.90. The third kappa shape index (κ3) is 3.34. The molecule has 2 bridgehead atoms. The zero-order valence-corrected chi connectivity index (χ0v) is 17.4. The first-order valence-corrected chi connectivity index (χ1v) is 9.68. The predicted molar refractivity (Wildman–Crippen MR) is 110 cm³/mol. The van der Waals surface area contributed by atoms with Crippen LogP contribution in [-0.2, 0) is 9.47 Å².